The molecule has 0 bridgehead atoms. The number of rotatable bonds is 4. The first-order valence-electron chi connectivity index (χ1n) is 9.37. The Morgan fingerprint density at radius 2 is 1.97 bits per heavy atom. The van der Waals surface area contributed by atoms with E-state index >= 15 is 0 Å². The van der Waals surface area contributed by atoms with Crippen molar-refractivity contribution in [3.05, 3.63) is 57.6 Å². The molecule has 8 nitrogen and oxygen atoms in total. The smallest absolute Gasteiger partial charge is 0.341 e. The predicted molar refractivity (Wildman–Crippen MR) is 108 cm³/mol. The molecule has 1 fully saturated rings. The van der Waals surface area contributed by atoms with Crippen molar-refractivity contribution < 1.29 is 23.1 Å². The average Bonchev–Trinajstić information content (AvgIpc) is 3.20. The van der Waals surface area contributed by atoms with Crippen LogP contribution < -0.4 is 21.4 Å². The maximum atomic E-state index is 14.9. The molecule has 1 aromatic carbocycles. The Hall–Kier alpha value is -3.60. The van der Waals surface area contributed by atoms with Crippen LogP contribution >= 0.6 is 0 Å². The van der Waals surface area contributed by atoms with Crippen LogP contribution in [-0.2, 0) is 0 Å². The molecule has 3 aromatic rings. The minimum Gasteiger partial charge on any atom is -0.477 e. The fourth-order valence-corrected chi connectivity index (χ4v) is 3.70. The number of aromatic carboxylic acids is 1. The number of halogens is 3. The number of carboxylic acid groups (broad SMARTS) is 1. The van der Waals surface area contributed by atoms with Gasteiger partial charge in [-0.05, 0) is 25.6 Å². The van der Waals surface area contributed by atoms with Gasteiger partial charge in [0.15, 0.2) is 17.3 Å². The van der Waals surface area contributed by atoms with Crippen molar-refractivity contribution in [2.75, 3.05) is 30.8 Å². The number of nitrogens with one attached hydrogen (secondary N) is 1. The lowest BCUT2D eigenvalue weighted by Crippen LogP contribution is -2.30. The Bertz CT molecular complexity index is 1280. The zero-order valence-electron chi connectivity index (χ0n) is 16.3. The molecule has 4 rings (SSSR count). The van der Waals surface area contributed by atoms with E-state index in [1.165, 1.54) is 0 Å². The average molecular weight is 433 g/mol. The predicted octanol–water partition coefficient (Wildman–Crippen LogP) is 1.88. The van der Waals surface area contributed by atoms with Gasteiger partial charge in [0.1, 0.15) is 17.2 Å². The lowest BCUT2D eigenvalue weighted by Gasteiger charge is -2.20. The lowest BCUT2D eigenvalue weighted by molar-refractivity contribution is 0.0695. The van der Waals surface area contributed by atoms with Crippen molar-refractivity contribution >= 4 is 28.5 Å². The first kappa shape index (κ1) is 20.7. The quantitative estimate of drug-likeness (QED) is 0.539. The zero-order chi connectivity index (χ0) is 22.4. The second-order valence-corrected chi connectivity index (χ2v) is 7.26. The van der Waals surface area contributed by atoms with Crippen molar-refractivity contribution in [2.45, 2.75) is 12.5 Å². The highest BCUT2D eigenvalue weighted by atomic mass is 19.1. The van der Waals surface area contributed by atoms with E-state index in [9.17, 15) is 27.9 Å². The van der Waals surface area contributed by atoms with Gasteiger partial charge in [-0.3, -0.25) is 9.36 Å². The third-order valence-corrected chi connectivity index (χ3v) is 5.37. The fraction of sp³-hybridized carbons (Fsp3) is 0.250. The van der Waals surface area contributed by atoms with Crippen molar-refractivity contribution in [3.8, 4) is 5.69 Å². The van der Waals surface area contributed by atoms with Crippen LogP contribution in [0.3, 0.4) is 0 Å². The Morgan fingerprint density at radius 3 is 2.61 bits per heavy atom. The number of pyridine rings is 2. The molecule has 31 heavy (non-hydrogen) atoms. The summed E-state index contributed by atoms with van der Waals surface area (Å²) in [5, 5.41) is 12.1. The molecule has 4 N–H and O–H groups in total. The Labute approximate surface area is 173 Å². The maximum Gasteiger partial charge on any atom is 0.341 e. The standard InChI is InChI=1S/C20H18F3N5O3/c1-25-9-2-3-27(7-9)19-14(23)4-10-17(29)11(20(30)31)8-28(18(10)26-19)16-6-15(24)12(21)5-13(16)22/h4-6,8-9,25H,2-3,7,24H2,1H3,(H,30,31). The molecule has 2 aromatic heterocycles. The van der Waals surface area contributed by atoms with E-state index in [2.05, 4.69) is 10.3 Å². The largest absolute Gasteiger partial charge is 0.477 e. The van der Waals surface area contributed by atoms with Crippen molar-refractivity contribution in [3.63, 3.8) is 0 Å². The minimum atomic E-state index is -1.59. The summed E-state index contributed by atoms with van der Waals surface area (Å²) in [7, 11) is 1.78. The number of anilines is 2. The molecule has 1 saturated heterocycles. The number of benzene rings is 1. The Morgan fingerprint density at radius 1 is 1.23 bits per heavy atom. The molecule has 1 aliphatic rings. The molecule has 0 radical (unpaired) electrons. The van der Waals surface area contributed by atoms with Crippen molar-refractivity contribution in [1.82, 2.24) is 14.9 Å². The monoisotopic (exact) mass is 433 g/mol. The van der Waals surface area contributed by atoms with Crippen LogP contribution in [0.15, 0.2) is 29.2 Å². The van der Waals surface area contributed by atoms with Crippen LogP contribution in [0.1, 0.15) is 16.8 Å². The van der Waals surface area contributed by atoms with Gasteiger partial charge >= 0.3 is 5.97 Å². The Balaban J connectivity index is 2.03. The highest BCUT2D eigenvalue weighted by Gasteiger charge is 2.27. The van der Waals surface area contributed by atoms with Crippen LogP contribution in [0.4, 0.5) is 24.7 Å². The third kappa shape index (κ3) is 3.46. The SMILES string of the molecule is CNC1CCN(c2nc3c(cc2F)c(=O)c(C(=O)O)cn3-c2cc(N)c(F)cc2F)C1. The maximum absolute atomic E-state index is 14.9. The van der Waals surface area contributed by atoms with Gasteiger partial charge in [-0.15, -0.1) is 0 Å². The molecular weight excluding hydrogens is 415 g/mol. The van der Waals surface area contributed by atoms with Gasteiger partial charge in [-0.1, -0.05) is 0 Å². The van der Waals surface area contributed by atoms with E-state index in [-0.39, 0.29) is 34.3 Å². The van der Waals surface area contributed by atoms with E-state index in [0.29, 0.717) is 19.2 Å². The summed E-state index contributed by atoms with van der Waals surface area (Å²) < 4.78 is 44.1. The summed E-state index contributed by atoms with van der Waals surface area (Å²) in [6, 6.07) is 2.50. The van der Waals surface area contributed by atoms with Crippen LogP contribution in [0.2, 0.25) is 0 Å². The highest BCUT2D eigenvalue weighted by molar-refractivity contribution is 5.92. The van der Waals surface area contributed by atoms with Crippen molar-refractivity contribution in [2.24, 2.45) is 0 Å². The Kier molecular flexibility index (Phi) is 5.05. The van der Waals surface area contributed by atoms with Crippen LogP contribution in [-0.4, -0.2) is 46.8 Å². The number of hydrogen-bond acceptors (Lipinski definition) is 6. The first-order chi connectivity index (χ1) is 14.7. The number of carbonyl (C=O) groups is 1. The first-order valence-corrected chi connectivity index (χ1v) is 9.37. The molecule has 0 saturated carbocycles. The number of likely N-dealkylation sites (N-methyl/N-ethyl adjacent to an activating group) is 1. The molecule has 1 atom stereocenters. The van der Waals surface area contributed by atoms with E-state index in [1.54, 1.807) is 11.9 Å². The van der Waals surface area contributed by atoms with Gasteiger partial charge in [-0.25, -0.2) is 22.9 Å². The van der Waals surface area contributed by atoms with E-state index < -0.39 is 34.4 Å². The van der Waals surface area contributed by atoms with Crippen LogP contribution in [0, 0.1) is 17.5 Å². The summed E-state index contributed by atoms with van der Waals surface area (Å²) in [6.45, 7) is 0.956. The number of nitrogens with zero attached hydrogens (tertiary/aromatic N) is 3. The van der Waals surface area contributed by atoms with Gasteiger partial charge in [0, 0.05) is 31.4 Å². The second-order valence-electron chi connectivity index (χ2n) is 7.26. The molecule has 162 valence electrons. The molecule has 11 heteroatoms. The summed E-state index contributed by atoms with van der Waals surface area (Å²) in [6.07, 6.45) is 1.61. The summed E-state index contributed by atoms with van der Waals surface area (Å²) in [4.78, 5) is 30.1. The molecule has 0 spiro atoms. The topological polar surface area (TPSA) is 113 Å². The third-order valence-electron chi connectivity index (χ3n) is 5.37. The zero-order valence-corrected chi connectivity index (χ0v) is 16.3. The number of carboxylic acids is 1. The highest BCUT2D eigenvalue weighted by Crippen LogP contribution is 2.28. The molecule has 1 unspecified atom stereocenters. The molecule has 3 heterocycles. The van der Waals surface area contributed by atoms with Gasteiger partial charge in [-0.2, -0.15) is 0 Å². The van der Waals surface area contributed by atoms with Gasteiger partial charge in [0.2, 0.25) is 5.43 Å². The van der Waals surface area contributed by atoms with E-state index in [1.807, 2.05) is 0 Å². The summed E-state index contributed by atoms with van der Waals surface area (Å²) in [5.41, 5.74) is 2.97. The molecule has 0 aliphatic carbocycles. The van der Waals surface area contributed by atoms with E-state index in [0.717, 1.165) is 29.3 Å². The lowest BCUT2D eigenvalue weighted by atomic mass is 10.1. The normalized spacial score (nSPS) is 16.3. The number of aromatic nitrogens is 2. The number of hydrogen-bond donors (Lipinski definition) is 3. The fourth-order valence-electron chi connectivity index (χ4n) is 3.70. The number of nitrogens with two attached hydrogens (primary N) is 1. The summed E-state index contributed by atoms with van der Waals surface area (Å²) >= 11 is 0. The van der Waals surface area contributed by atoms with E-state index in [4.69, 9.17) is 5.73 Å². The minimum absolute atomic E-state index is 0.0584. The van der Waals surface area contributed by atoms with Gasteiger partial charge in [0.05, 0.1) is 16.8 Å². The van der Waals surface area contributed by atoms with Crippen molar-refractivity contribution in [1.29, 1.82) is 0 Å². The molecular formula is C20H18F3N5O3. The van der Waals surface area contributed by atoms with Gasteiger partial charge in [0.25, 0.3) is 0 Å². The second kappa shape index (κ2) is 7.58. The molecule has 1 aliphatic heterocycles. The number of fused-ring (bicyclic) bond motifs is 1. The van der Waals surface area contributed by atoms with Crippen LogP contribution in [0.25, 0.3) is 16.7 Å². The van der Waals surface area contributed by atoms with Crippen LogP contribution in [0.5, 0.6) is 0 Å². The summed E-state index contributed by atoms with van der Waals surface area (Å²) in [5.74, 6) is -4.51. The number of nitrogen functional groups attached to an aromatic ring is 1. The molecule has 0 amide bonds. The van der Waals surface area contributed by atoms with Gasteiger partial charge < -0.3 is 21.1 Å².